The first-order chi connectivity index (χ1) is 11.5. The van der Waals surface area contributed by atoms with Crippen LogP contribution in [-0.4, -0.2) is 16.6 Å². The summed E-state index contributed by atoms with van der Waals surface area (Å²) >= 11 is 0. The van der Waals surface area contributed by atoms with Crippen LogP contribution in [0.5, 0.6) is 0 Å². The predicted octanol–water partition coefficient (Wildman–Crippen LogP) is 2.77. The number of amides is 1. The Hall–Kier alpha value is -3.71. The fraction of sp³-hybridized carbons (Fsp3) is 0.118. The molecule has 1 aromatic heterocycles. The molecule has 24 heavy (non-hydrogen) atoms. The number of aryl methyl sites for hydroxylation is 2. The summed E-state index contributed by atoms with van der Waals surface area (Å²) in [6, 6.07) is 11.9. The molecule has 0 aliphatic rings. The highest BCUT2D eigenvalue weighted by molar-refractivity contribution is 6.10. The van der Waals surface area contributed by atoms with Crippen molar-refractivity contribution in [1.29, 1.82) is 10.5 Å². The van der Waals surface area contributed by atoms with Gasteiger partial charge in [-0.15, -0.1) is 0 Å². The van der Waals surface area contributed by atoms with Gasteiger partial charge in [0.25, 0.3) is 5.91 Å². The molecule has 0 saturated carbocycles. The van der Waals surface area contributed by atoms with E-state index < -0.39 is 0 Å². The maximum atomic E-state index is 12.2. The van der Waals surface area contributed by atoms with E-state index in [1.165, 1.54) is 0 Å². The fourth-order valence-corrected chi connectivity index (χ4v) is 1.87. The maximum absolute atomic E-state index is 12.2. The number of nitrogens with zero attached hydrogens (tertiary/aromatic N) is 4. The molecule has 0 spiro atoms. The molecule has 0 fully saturated rings. The Labute approximate surface area is 139 Å². The van der Waals surface area contributed by atoms with Gasteiger partial charge in [0.05, 0.1) is 17.6 Å². The minimum Gasteiger partial charge on any atom is -0.321 e. The summed E-state index contributed by atoms with van der Waals surface area (Å²) < 4.78 is 0. The van der Waals surface area contributed by atoms with Crippen LogP contribution in [0.15, 0.2) is 41.6 Å². The fourth-order valence-electron chi connectivity index (χ4n) is 1.87. The van der Waals surface area contributed by atoms with Crippen LogP contribution in [0.4, 0.5) is 11.4 Å². The molecule has 2 rings (SSSR count). The standard InChI is InChI=1S/C17H14N6O/c1-11-7-13(4-6-16(11)23-22-15(8-18)9-19)17(24)21-14-5-3-12(2)20-10-14/h3-7,10,23H,1-2H3,(H,21,24). The number of rotatable bonds is 4. The van der Waals surface area contributed by atoms with Crippen LogP contribution >= 0.6 is 0 Å². The normalized spacial score (nSPS) is 9.33. The van der Waals surface area contributed by atoms with Crippen molar-refractivity contribution in [3.8, 4) is 12.1 Å². The SMILES string of the molecule is Cc1ccc(NC(=O)c2ccc(NN=C(C#N)C#N)c(C)c2)cn1. The highest BCUT2D eigenvalue weighted by atomic mass is 16.1. The van der Waals surface area contributed by atoms with Crippen LogP contribution in [0.3, 0.4) is 0 Å². The average molecular weight is 318 g/mol. The van der Waals surface area contributed by atoms with Crippen LogP contribution in [0, 0.1) is 36.5 Å². The van der Waals surface area contributed by atoms with Gasteiger partial charge in [-0.2, -0.15) is 15.6 Å². The molecule has 7 nitrogen and oxygen atoms in total. The molecule has 0 atom stereocenters. The topological polar surface area (TPSA) is 114 Å². The molecule has 1 aromatic carbocycles. The lowest BCUT2D eigenvalue weighted by molar-refractivity contribution is 0.102. The van der Waals surface area contributed by atoms with Crippen LogP contribution in [0.2, 0.25) is 0 Å². The Morgan fingerprint density at radius 2 is 1.92 bits per heavy atom. The van der Waals surface area contributed by atoms with E-state index in [1.54, 1.807) is 49.5 Å². The average Bonchev–Trinajstić information content (AvgIpc) is 2.59. The van der Waals surface area contributed by atoms with E-state index in [1.807, 2.05) is 13.0 Å². The van der Waals surface area contributed by atoms with Crippen LogP contribution < -0.4 is 10.7 Å². The molecule has 0 radical (unpaired) electrons. The van der Waals surface area contributed by atoms with Crippen molar-refractivity contribution >= 4 is 23.0 Å². The predicted molar refractivity (Wildman–Crippen MR) is 90.4 cm³/mol. The van der Waals surface area contributed by atoms with Gasteiger partial charge in [0.2, 0.25) is 5.71 Å². The summed E-state index contributed by atoms with van der Waals surface area (Å²) in [5, 5.41) is 23.7. The Bertz CT molecular complexity index is 855. The molecule has 118 valence electrons. The Kier molecular flexibility index (Phi) is 5.22. The molecule has 0 unspecified atom stereocenters. The van der Waals surface area contributed by atoms with Gasteiger partial charge in [-0.05, 0) is 49.7 Å². The maximum Gasteiger partial charge on any atom is 0.255 e. The molecule has 2 N–H and O–H groups in total. The lowest BCUT2D eigenvalue weighted by atomic mass is 10.1. The first-order valence-electron chi connectivity index (χ1n) is 7.02. The Morgan fingerprint density at radius 1 is 1.17 bits per heavy atom. The highest BCUT2D eigenvalue weighted by Gasteiger charge is 2.08. The van der Waals surface area contributed by atoms with Crippen molar-refractivity contribution in [2.75, 3.05) is 10.7 Å². The number of pyridine rings is 1. The zero-order valence-corrected chi connectivity index (χ0v) is 13.2. The summed E-state index contributed by atoms with van der Waals surface area (Å²) in [5.41, 5.74) is 5.68. The largest absolute Gasteiger partial charge is 0.321 e. The molecule has 1 amide bonds. The molecule has 2 aromatic rings. The number of nitrogens with one attached hydrogen (secondary N) is 2. The molecule has 0 saturated heterocycles. The number of nitriles is 2. The summed E-state index contributed by atoms with van der Waals surface area (Å²) in [6.45, 7) is 3.66. The monoisotopic (exact) mass is 318 g/mol. The second kappa shape index (κ2) is 7.52. The van der Waals surface area contributed by atoms with E-state index in [0.29, 0.717) is 16.9 Å². The third-order valence-corrected chi connectivity index (χ3v) is 3.16. The van der Waals surface area contributed by atoms with Crippen molar-refractivity contribution in [2.24, 2.45) is 5.10 Å². The lowest BCUT2D eigenvalue weighted by Crippen LogP contribution is -2.12. The van der Waals surface area contributed by atoms with Crippen molar-refractivity contribution in [3.63, 3.8) is 0 Å². The quantitative estimate of drug-likeness (QED) is 0.664. The van der Waals surface area contributed by atoms with Crippen molar-refractivity contribution < 1.29 is 4.79 Å². The van der Waals surface area contributed by atoms with Gasteiger partial charge >= 0.3 is 0 Å². The summed E-state index contributed by atoms with van der Waals surface area (Å²) in [5.74, 6) is -0.256. The zero-order valence-electron chi connectivity index (χ0n) is 13.2. The van der Waals surface area contributed by atoms with Gasteiger partial charge < -0.3 is 5.32 Å². The van der Waals surface area contributed by atoms with E-state index in [-0.39, 0.29) is 11.6 Å². The minimum atomic E-state index is -0.275. The minimum absolute atomic E-state index is 0.256. The van der Waals surface area contributed by atoms with Crippen molar-refractivity contribution in [3.05, 3.63) is 53.3 Å². The van der Waals surface area contributed by atoms with Crippen molar-refractivity contribution in [1.82, 2.24) is 4.98 Å². The van der Waals surface area contributed by atoms with Gasteiger partial charge in [0.15, 0.2) is 0 Å². The molecule has 0 aliphatic carbocycles. The zero-order chi connectivity index (χ0) is 17.5. The molecule has 0 bridgehead atoms. The van der Waals surface area contributed by atoms with Gasteiger partial charge in [-0.25, -0.2) is 0 Å². The van der Waals surface area contributed by atoms with Gasteiger partial charge in [-0.3, -0.25) is 15.2 Å². The van der Waals surface area contributed by atoms with Crippen LogP contribution in [-0.2, 0) is 0 Å². The first kappa shape index (κ1) is 16.7. The van der Waals surface area contributed by atoms with Gasteiger partial charge in [-0.1, -0.05) is 0 Å². The van der Waals surface area contributed by atoms with Crippen molar-refractivity contribution in [2.45, 2.75) is 13.8 Å². The third kappa shape index (κ3) is 4.15. The molecule has 0 aliphatic heterocycles. The first-order valence-corrected chi connectivity index (χ1v) is 7.02. The van der Waals surface area contributed by atoms with Crippen LogP contribution in [0.25, 0.3) is 0 Å². The number of hydrazone groups is 1. The Balaban J connectivity index is 2.13. The number of carbonyl (C=O) groups is 1. The number of anilines is 2. The lowest BCUT2D eigenvalue weighted by Gasteiger charge is -2.09. The van der Waals surface area contributed by atoms with Gasteiger partial charge in [0.1, 0.15) is 12.1 Å². The molecule has 1 heterocycles. The smallest absolute Gasteiger partial charge is 0.255 e. The highest BCUT2D eigenvalue weighted by Crippen LogP contribution is 2.18. The third-order valence-electron chi connectivity index (χ3n) is 3.16. The van der Waals surface area contributed by atoms with E-state index in [0.717, 1.165) is 11.3 Å². The number of carbonyl (C=O) groups excluding carboxylic acids is 1. The number of hydrogen-bond acceptors (Lipinski definition) is 6. The number of benzene rings is 1. The summed E-state index contributed by atoms with van der Waals surface area (Å²) in [4.78, 5) is 16.4. The molecular formula is C17H14N6O. The Morgan fingerprint density at radius 3 is 2.50 bits per heavy atom. The van der Waals surface area contributed by atoms with E-state index in [4.69, 9.17) is 10.5 Å². The van der Waals surface area contributed by atoms with E-state index >= 15 is 0 Å². The van der Waals surface area contributed by atoms with Crippen LogP contribution in [0.1, 0.15) is 21.6 Å². The molecular weight excluding hydrogens is 304 g/mol. The number of aromatic nitrogens is 1. The number of hydrogen-bond donors (Lipinski definition) is 2. The van der Waals surface area contributed by atoms with Gasteiger partial charge in [0, 0.05) is 11.3 Å². The van der Waals surface area contributed by atoms with E-state index in [9.17, 15) is 4.79 Å². The molecule has 7 heteroatoms. The summed E-state index contributed by atoms with van der Waals surface area (Å²) in [7, 11) is 0. The van der Waals surface area contributed by atoms with E-state index in [2.05, 4.69) is 20.8 Å². The summed E-state index contributed by atoms with van der Waals surface area (Å²) in [6.07, 6.45) is 1.59. The second-order valence-corrected chi connectivity index (χ2v) is 4.97. The second-order valence-electron chi connectivity index (χ2n) is 4.97.